The van der Waals surface area contributed by atoms with Crippen LogP contribution < -0.4 is 5.32 Å². The molecule has 1 aromatic carbocycles. The predicted octanol–water partition coefficient (Wildman–Crippen LogP) is 1.12. The highest BCUT2D eigenvalue weighted by atomic mass is 32.2. The van der Waals surface area contributed by atoms with Crippen molar-refractivity contribution in [3.63, 3.8) is 0 Å². The summed E-state index contributed by atoms with van der Waals surface area (Å²) in [5.41, 5.74) is -0.0612. The molecule has 0 aliphatic carbocycles. The summed E-state index contributed by atoms with van der Waals surface area (Å²) in [6, 6.07) is 6.31. The van der Waals surface area contributed by atoms with E-state index in [0.717, 1.165) is 5.56 Å². The fraction of sp³-hybridized carbons (Fsp3) is 0.500. The van der Waals surface area contributed by atoms with Crippen LogP contribution in [0.15, 0.2) is 29.2 Å². The number of hydrogen-bond acceptors (Lipinski definition) is 4. The maximum atomic E-state index is 11.3. The topological polar surface area (TPSA) is 66.4 Å². The van der Waals surface area contributed by atoms with Crippen LogP contribution in [-0.2, 0) is 9.84 Å². The molecule has 2 N–H and O–H groups in total. The van der Waals surface area contributed by atoms with Crippen LogP contribution in [0, 0.1) is 0 Å². The van der Waals surface area contributed by atoms with Gasteiger partial charge in [0, 0.05) is 6.26 Å². The molecule has 0 radical (unpaired) electrons. The van der Waals surface area contributed by atoms with Gasteiger partial charge in [-0.25, -0.2) is 8.42 Å². The number of rotatable bonds is 4. The molecule has 0 amide bonds. The van der Waals surface area contributed by atoms with Crippen LogP contribution in [0.5, 0.6) is 0 Å². The SMILES string of the molecule is CNC(c1ccc(S(C)(=O)=O)cc1)C(C)(C)O. The fourth-order valence-electron chi connectivity index (χ4n) is 1.84. The average molecular weight is 257 g/mol. The number of sulfone groups is 1. The lowest BCUT2D eigenvalue weighted by molar-refractivity contribution is 0.0400. The number of likely N-dealkylation sites (N-methyl/N-ethyl adjacent to an activating group) is 1. The highest BCUT2D eigenvalue weighted by Crippen LogP contribution is 2.25. The Morgan fingerprint density at radius 1 is 1.24 bits per heavy atom. The zero-order valence-corrected chi connectivity index (χ0v) is 11.4. The molecule has 1 unspecified atom stereocenters. The second-order valence-corrected chi connectivity index (χ2v) is 6.73. The van der Waals surface area contributed by atoms with Crippen LogP contribution in [0.1, 0.15) is 25.5 Å². The van der Waals surface area contributed by atoms with Crippen LogP contribution in [0.3, 0.4) is 0 Å². The predicted molar refractivity (Wildman–Crippen MR) is 67.7 cm³/mol. The van der Waals surface area contributed by atoms with Crippen molar-refractivity contribution in [2.75, 3.05) is 13.3 Å². The maximum Gasteiger partial charge on any atom is 0.175 e. The van der Waals surface area contributed by atoms with E-state index in [9.17, 15) is 13.5 Å². The van der Waals surface area contributed by atoms with Gasteiger partial charge in [0.1, 0.15) is 0 Å². The lowest BCUT2D eigenvalue weighted by atomic mass is 9.92. The first-order valence-electron chi connectivity index (χ1n) is 5.36. The summed E-state index contributed by atoms with van der Waals surface area (Å²) in [4.78, 5) is 0.284. The molecule has 96 valence electrons. The van der Waals surface area contributed by atoms with Crippen molar-refractivity contribution in [3.05, 3.63) is 29.8 Å². The van der Waals surface area contributed by atoms with Gasteiger partial charge in [-0.1, -0.05) is 12.1 Å². The van der Waals surface area contributed by atoms with Crippen LogP contribution in [0.25, 0.3) is 0 Å². The minimum absolute atomic E-state index is 0.240. The largest absolute Gasteiger partial charge is 0.388 e. The number of nitrogens with one attached hydrogen (secondary N) is 1. The zero-order valence-electron chi connectivity index (χ0n) is 10.6. The van der Waals surface area contributed by atoms with E-state index in [2.05, 4.69) is 5.32 Å². The van der Waals surface area contributed by atoms with Gasteiger partial charge in [0.05, 0.1) is 16.5 Å². The van der Waals surface area contributed by atoms with Crippen LogP contribution in [0.4, 0.5) is 0 Å². The van der Waals surface area contributed by atoms with Crippen molar-refractivity contribution >= 4 is 9.84 Å². The van der Waals surface area contributed by atoms with E-state index in [4.69, 9.17) is 0 Å². The summed E-state index contributed by atoms with van der Waals surface area (Å²) in [7, 11) is -1.41. The third kappa shape index (κ3) is 3.52. The standard InChI is InChI=1S/C12H19NO3S/c1-12(2,14)11(13-3)9-5-7-10(8-6-9)17(4,15)16/h5-8,11,13-14H,1-4H3. The maximum absolute atomic E-state index is 11.3. The average Bonchev–Trinajstić information content (AvgIpc) is 2.16. The van der Waals surface area contributed by atoms with Gasteiger partial charge in [-0.3, -0.25) is 0 Å². The Balaban J connectivity index is 3.10. The second-order valence-electron chi connectivity index (χ2n) is 4.72. The molecule has 5 heteroatoms. The molecule has 1 atom stereocenters. The number of hydrogen-bond donors (Lipinski definition) is 2. The number of aliphatic hydroxyl groups is 1. The highest BCUT2D eigenvalue weighted by Gasteiger charge is 2.26. The first-order chi connectivity index (χ1) is 7.66. The zero-order chi connectivity index (χ0) is 13.3. The van der Waals surface area contributed by atoms with Crippen molar-refractivity contribution in [1.82, 2.24) is 5.32 Å². The van der Waals surface area contributed by atoms with Gasteiger partial charge < -0.3 is 10.4 Å². The van der Waals surface area contributed by atoms with E-state index in [1.54, 1.807) is 45.2 Å². The molecule has 17 heavy (non-hydrogen) atoms. The van der Waals surface area contributed by atoms with Gasteiger partial charge in [-0.05, 0) is 38.6 Å². The van der Waals surface area contributed by atoms with Crippen molar-refractivity contribution < 1.29 is 13.5 Å². The molecule has 1 aromatic rings. The monoisotopic (exact) mass is 257 g/mol. The van der Waals surface area contributed by atoms with Crippen LogP contribution >= 0.6 is 0 Å². The summed E-state index contributed by atoms with van der Waals surface area (Å²) in [5.74, 6) is 0. The molecule has 0 heterocycles. The van der Waals surface area contributed by atoms with Crippen LogP contribution in [-0.4, -0.2) is 32.4 Å². The summed E-state index contributed by atoms with van der Waals surface area (Å²) in [6.07, 6.45) is 1.17. The Bertz CT molecular complexity index is 471. The van der Waals surface area contributed by atoms with Crippen molar-refractivity contribution in [2.24, 2.45) is 0 Å². The Morgan fingerprint density at radius 3 is 2.00 bits per heavy atom. The Labute approximate surface area is 103 Å². The quantitative estimate of drug-likeness (QED) is 0.848. The highest BCUT2D eigenvalue weighted by molar-refractivity contribution is 7.90. The molecule has 0 fully saturated rings. The van der Waals surface area contributed by atoms with Crippen molar-refractivity contribution in [2.45, 2.75) is 30.4 Å². The second kappa shape index (κ2) is 4.76. The summed E-state index contributed by atoms with van der Waals surface area (Å²) in [5, 5.41) is 13.0. The number of benzene rings is 1. The Morgan fingerprint density at radius 2 is 1.71 bits per heavy atom. The lowest BCUT2D eigenvalue weighted by Gasteiger charge is -2.29. The van der Waals surface area contributed by atoms with E-state index >= 15 is 0 Å². The normalized spacial score (nSPS) is 14.6. The van der Waals surface area contributed by atoms with Crippen molar-refractivity contribution in [3.8, 4) is 0 Å². The van der Waals surface area contributed by atoms with Crippen LogP contribution in [0.2, 0.25) is 0 Å². The molecule has 0 aliphatic rings. The molecular formula is C12H19NO3S. The minimum atomic E-state index is -3.17. The minimum Gasteiger partial charge on any atom is -0.388 e. The smallest absolute Gasteiger partial charge is 0.175 e. The lowest BCUT2D eigenvalue weighted by Crippen LogP contribution is -2.37. The van der Waals surface area contributed by atoms with E-state index in [1.807, 2.05) is 0 Å². The van der Waals surface area contributed by atoms with Crippen molar-refractivity contribution in [1.29, 1.82) is 0 Å². The molecule has 0 spiro atoms. The Hall–Kier alpha value is -0.910. The van der Waals surface area contributed by atoms with Gasteiger partial charge >= 0.3 is 0 Å². The van der Waals surface area contributed by atoms with E-state index in [-0.39, 0.29) is 10.9 Å². The van der Waals surface area contributed by atoms with Gasteiger partial charge in [0.25, 0.3) is 0 Å². The third-order valence-corrected chi connectivity index (χ3v) is 3.77. The van der Waals surface area contributed by atoms with Gasteiger partial charge in [-0.2, -0.15) is 0 Å². The third-order valence-electron chi connectivity index (χ3n) is 2.64. The molecule has 0 aromatic heterocycles. The summed E-state index contributed by atoms with van der Waals surface area (Å²) in [6.45, 7) is 3.41. The Kier molecular flexibility index (Phi) is 3.96. The fourth-order valence-corrected chi connectivity index (χ4v) is 2.47. The first-order valence-corrected chi connectivity index (χ1v) is 7.25. The molecule has 0 aliphatic heterocycles. The molecule has 1 rings (SSSR count). The van der Waals surface area contributed by atoms with Gasteiger partial charge in [0.15, 0.2) is 9.84 Å². The summed E-state index contributed by atoms with van der Waals surface area (Å²) < 4.78 is 22.6. The first kappa shape index (κ1) is 14.2. The van der Waals surface area contributed by atoms with E-state index in [1.165, 1.54) is 6.26 Å². The molecule has 0 saturated carbocycles. The molecule has 0 bridgehead atoms. The molecule has 4 nitrogen and oxygen atoms in total. The van der Waals surface area contributed by atoms with E-state index in [0.29, 0.717) is 0 Å². The molecular weight excluding hydrogens is 238 g/mol. The summed E-state index contributed by atoms with van der Waals surface area (Å²) >= 11 is 0. The van der Waals surface area contributed by atoms with E-state index < -0.39 is 15.4 Å². The molecule has 0 saturated heterocycles. The van der Waals surface area contributed by atoms with Gasteiger partial charge in [0.2, 0.25) is 0 Å². The van der Waals surface area contributed by atoms with Gasteiger partial charge in [-0.15, -0.1) is 0 Å².